The van der Waals surface area contributed by atoms with E-state index in [-0.39, 0.29) is 24.5 Å². The number of rotatable bonds is 7. The second-order valence-electron chi connectivity index (χ2n) is 4.56. The Labute approximate surface area is 117 Å². The Morgan fingerprint density at radius 3 is 2.61 bits per heavy atom. The van der Waals surface area contributed by atoms with Crippen molar-refractivity contribution < 1.29 is 9.59 Å². The van der Waals surface area contributed by atoms with Crippen LogP contribution < -0.4 is 5.32 Å². The molecule has 0 atom stereocenters. The molecule has 0 saturated carbocycles. The Kier molecular flexibility index (Phi) is 6.36. The normalized spacial score (nSPS) is 10.7. The van der Waals surface area contributed by atoms with E-state index < -0.39 is 0 Å². The smallest absolute Gasteiger partial charge is 0.220 e. The number of halogens is 1. The van der Waals surface area contributed by atoms with Crippen LogP contribution in [0.1, 0.15) is 42.8 Å². The van der Waals surface area contributed by atoms with E-state index in [9.17, 15) is 9.59 Å². The zero-order valence-electron chi connectivity index (χ0n) is 10.7. The number of hydrogen-bond acceptors (Lipinski definition) is 3. The van der Waals surface area contributed by atoms with Gasteiger partial charge in [-0.05, 0) is 24.5 Å². The van der Waals surface area contributed by atoms with E-state index in [1.807, 2.05) is 0 Å². The zero-order chi connectivity index (χ0) is 13.5. The topological polar surface area (TPSA) is 46.2 Å². The third kappa shape index (κ3) is 5.65. The molecule has 0 radical (unpaired) electrons. The number of Topliss-reactive ketones (excluding diaryl/α,β-unsaturated/α-hetero) is 1. The van der Waals surface area contributed by atoms with Crippen LogP contribution in [0.3, 0.4) is 0 Å². The molecule has 0 saturated heterocycles. The molecule has 0 fully saturated rings. The summed E-state index contributed by atoms with van der Waals surface area (Å²) in [6.45, 7) is 4.89. The van der Waals surface area contributed by atoms with E-state index in [0.29, 0.717) is 21.7 Å². The standard InChI is InChI=1S/C13H18ClNO2S/c1-9(2)7-8-15-13(17)6-3-10(16)11-4-5-12(14)18-11/h4-5,9H,3,6-8H2,1-2H3,(H,15,17). The van der Waals surface area contributed by atoms with Gasteiger partial charge in [0.05, 0.1) is 9.21 Å². The summed E-state index contributed by atoms with van der Waals surface area (Å²) in [5, 5.41) is 2.81. The van der Waals surface area contributed by atoms with E-state index in [2.05, 4.69) is 19.2 Å². The molecule has 1 rings (SSSR count). The van der Waals surface area contributed by atoms with Crippen molar-refractivity contribution in [3.05, 3.63) is 21.3 Å². The lowest BCUT2D eigenvalue weighted by Gasteiger charge is -2.06. The first-order valence-electron chi connectivity index (χ1n) is 6.04. The fourth-order valence-electron chi connectivity index (χ4n) is 1.40. The van der Waals surface area contributed by atoms with Crippen molar-refractivity contribution in [3.8, 4) is 0 Å². The number of carbonyl (C=O) groups excluding carboxylic acids is 2. The van der Waals surface area contributed by atoms with Crippen LogP contribution in [-0.2, 0) is 4.79 Å². The van der Waals surface area contributed by atoms with Crippen LogP contribution in [0.4, 0.5) is 0 Å². The molecule has 1 N–H and O–H groups in total. The number of carbonyl (C=O) groups is 2. The van der Waals surface area contributed by atoms with Crippen molar-refractivity contribution in [2.75, 3.05) is 6.54 Å². The second-order valence-corrected chi connectivity index (χ2v) is 6.27. The Morgan fingerprint density at radius 1 is 1.33 bits per heavy atom. The van der Waals surface area contributed by atoms with Gasteiger partial charge in [0.25, 0.3) is 0 Å². The predicted octanol–water partition coefficient (Wildman–Crippen LogP) is 3.53. The van der Waals surface area contributed by atoms with Gasteiger partial charge in [0.15, 0.2) is 5.78 Å². The minimum absolute atomic E-state index is 0.0223. The van der Waals surface area contributed by atoms with Gasteiger partial charge in [-0.1, -0.05) is 25.4 Å². The number of amides is 1. The maximum absolute atomic E-state index is 11.7. The van der Waals surface area contributed by atoms with Crippen LogP contribution in [0.15, 0.2) is 12.1 Å². The third-order valence-corrected chi connectivity index (χ3v) is 3.74. The first-order chi connectivity index (χ1) is 8.49. The fourth-order valence-corrected chi connectivity index (χ4v) is 2.41. The Hall–Kier alpha value is -0.870. The molecule has 1 heterocycles. The molecule has 1 amide bonds. The minimum atomic E-state index is -0.0633. The quantitative estimate of drug-likeness (QED) is 0.780. The molecule has 0 aliphatic rings. The molecule has 0 bridgehead atoms. The van der Waals surface area contributed by atoms with Crippen molar-refractivity contribution in [1.29, 1.82) is 0 Å². The van der Waals surface area contributed by atoms with Gasteiger partial charge in [-0.3, -0.25) is 9.59 Å². The number of ketones is 1. The molecule has 0 aromatic carbocycles. The highest BCUT2D eigenvalue weighted by atomic mass is 35.5. The Bertz CT molecular complexity index is 415. The lowest BCUT2D eigenvalue weighted by molar-refractivity contribution is -0.121. The number of hydrogen-bond donors (Lipinski definition) is 1. The van der Waals surface area contributed by atoms with E-state index in [1.165, 1.54) is 11.3 Å². The molecule has 1 aromatic rings. The van der Waals surface area contributed by atoms with Gasteiger partial charge in [0.2, 0.25) is 5.91 Å². The summed E-state index contributed by atoms with van der Waals surface area (Å²) in [7, 11) is 0. The lowest BCUT2D eigenvalue weighted by Crippen LogP contribution is -2.25. The molecule has 1 aromatic heterocycles. The Balaban J connectivity index is 2.24. The monoisotopic (exact) mass is 287 g/mol. The summed E-state index contributed by atoms with van der Waals surface area (Å²) in [5.74, 6) is 0.484. The highest BCUT2D eigenvalue weighted by Gasteiger charge is 2.11. The SMILES string of the molecule is CC(C)CCNC(=O)CCC(=O)c1ccc(Cl)s1. The largest absolute Gasteiger partial charge is 0.356 e. The summed E-state index contributed by atoms with van der Waals surface area (Å²) < 4.78 is 0.597. The van der Waals surface area contributed by atoms with E-state index in [4.69, 9.17) is 11.6 Å². The maximum Gasteiger partial charge on any atom is 0.220 e. The van der Waals surface area contributed by atoms with Gasteiger partial charge in [-0.15, -0.1) is 11.3 Å². The Morgan fingerprint density at radius 2 is 2.06 bits per heavy atom. The molecule has 18 heavy (non-hydrogen) atoms. The van der Waals surface area contributed by atoms with E-state index in [0.717, 1.165) is 6.42 Å². The molecule has 3 nitrogen and oxygen atoms in total. The maximum atomic E-state index is 11.7. The van der Waals surface area contributed by atoms with Gasteiger partial charge in [0, 0.05) is 19.4 Å². The summed E-state index contributed by atoms with van der Waals surface area (Å²) >= 11 is 7.01. The summed E-state index contributed by atoms with van der Waals surface area (Å²) in [5.41, 5.74) is 0. The van der Waals surface area contributed by atoms with Gasteiger partial charge < -0.3 is 5.32 Å². The van der Waals surface area contributed by atoms with Crippen LogP contribution in [0, 0.1) is 5.92 Å². The van der Waals surface area contributed by atoms with Gasteiger partial charge >= 0.3 is 0 Å². The highest BCUT2D eigenvalue weighted by molar-refractivity contribution is 7.18. The lowest BCUT2D eigenvalue weighted by atomic mass is 10.1. The summed E-state index contributed by atoms with van der Waals surface area (Å²) in [4.78, 5) is 23.8. The molecular formula is C13H18ClNO2S. The molecule has 0 aliphatic heterocycles. The first-order valence-corrected chi connectivity index (χ1v) is 7.23. The van der Waals surface area contributed by atoms with Gasteiger partial charge in [-0.2, -0.15) is 0 Å². The van der Waals surface area contributed by atoms with E-state index >= 15 is 0 Å². The van der Waals surface area contributed by atoms with Crippen molar-refractivity contribution in [2.45, 2.75) is 33.1 Å². The minimum Gasteiger partial charge on any atom is -0.356 e. The average molecular weight is 288 g/mol. The number of nitrogens with one attached hydrogen (secondary N) is 1. The fraction of sp³-hybridized carbons (Fsp3) is 0.538. The summed E-state index contributed by atoms with van der Waals surface area (Å²) in [6.07, 6.45) is 1.44. The van der Waals surface area contributed by atoms with Crippen molar-refractivity contribution in [3.63, 3.8) is 0 Å². The van der Waals surface area contributed by atoms with Crippen LogP contribution in [0.5, 0.6) is 0 Å². The van der Waals surface area contributed by atoms with Crippen LogP contribution in [0.25, 0.3) is 0 Å². The highest BCUT2D eigenvalue weighted by Crippen LogP contribution is 2.22. The second kappa shape index (κ2) is 7.54. The van der Waals surface area contributed by atoms with E-state index in [1.54, 1.807) is 12.1 Å². The molecule has 0 aliphatic carbocycles. The molecular weight excluding hydrogens is 270 g/mol. The molecule has 100 valence electrons. The van der Waals surface area contributed by atoms with Gasteiger partial charge in [-0.25, -0.2) is 0 Å². The zero-order valence-corrected chi connectivity index (χ0v) is 12.2. The first kappa shape index (κ1) is 15.2. The van der Waals surface area contributed by atoms with Crippen LogP contribution >= 0.6 is 22.9 Å². The van der Waals surface area contributed by atoms with Crippen molar-refractivity contribution >= 4 is 34.6 Å². The molecule has 5 heteroatoms. The van der Waals surface area contributed by atoms with Crippen molar-refractivity contribution in [2.24, 2.45) is 5.92 Å². The van der Waals surface area contributed by atoms with Crippen LogP contribution in [-0.4, -0.2) is 18.2 Å². The third-order valence-electron chi connectivity index (χ3n) is 2.47. The van der Waals surface area contributed by atoms with Crippen molar-refractivity contribution in [1.82, 2.24) is 5.32 Å². The van der Waals surface area contributed by atoms with Crippen LogP contribution in [0.2, 0.25) is 4.34 Å². The molecule has 0 unspecified atom stereocenters. The molecule has 0 spiro atoms. The number of thiophene rings is 1. The predicted molar refractivity (Wildman–Crippen MR) is 75.4 cm³/mol. The average Bonchev–Trinajstić information content (AvgIpc) is 2.72. The van der Waals surface area contributed by atoms with Gasteiger partial charge in [0.1, 0.15) is 0 Å². The summed E-state index contributed by atoms with van der Waals surface area (Å²) in [6, 6.07) is 3.40.